The number of benzene rings is 2. The van der Waals surface area contributed by atoms with Crippen molar-refractivity contribution in [1.82, 2.24) is 0 Å². The molecule has 2 rings (SSSR count). The van der Waals surface area contributed by atoms with E-state index < -0.39 is 17.9 Å². The average molecular weight is 464 g/mol. The van der Waals surface area contributed by atoms with Crippen LogP contribution in [0.5, 0.6) is 5.75 Å². The van der Waals surface area contributed by atoms with Gasteiger partial charge in [-0.2, -0.15) is 0 Å². The molecule has 0 amide bonds. The fraction of sp³-hybridized carbons (Fsp3) is 0.0769. The molecule has 0 fully saturated rings. The van der Waals surface area contributed by atoms with Crippen LogP contribution in [0.2, 0.25) is 0 Å². The van der Waals surface area contributed by atoms with E-state index in [1.54, 1.807) is 7.11 Å². The molecule has 0 aromatic heterocycles. The molecule has 0 bridgehead atoms. The molecular formula is C13H12BiCl2O. The van der Waals surface area contributed by atoms with Gasteiger partial charge in [0.25, 0.3) is 0 Å². The van der Waals surface area contributed by atoms with Crippen molar-refractivity contribution in [3.63, 3.8) is 0 Å². The summed E-state index contributed by atoms with van der Waals surface area (Å²) in [5.41, 5.74) is 0. The van der Waals surface area contributed by atoms with E-state index in [4.69, 9.17) is 21.8 Å². The number of hydrogen-bond donors (Lipinski definition) is 0. The summed E-state index contributed by atoms with van der Waals surface area (Å²) in [6, 6.07) is 17.6. The summed E-state index contributed by atoms with van der Waals surface area (Å²) in [4.78, 5) is 0. The zero-order valence-corrected chi connectivity index (χ0v) is 14.3. The first kappa shape index (κ1) is 13.1. The van der Waals surface area contributed by atoms with Gasteiger partial charge >= 0.3 is 114 Å². The molecule has 0 saturated heterocycles. The minimum absolute atomic E-state index is 0.818. The zero-order valence-electron chi connectivity index (χ0n) is 9.31. The van der Waals surface area contributed by atoms with E-state index in [2.05, 4.69) is 0 Å². The second-order valence-corrected chi connectivity index (χ2v) is 22.0. The van der Waals surface area contributed by atoms with Crippen LogP contribution in [0.25, 0.3) is 0 Å². The molecule has 1 nitrogen and oxygen atoms in total. The summed E-state index contributed by atoms with van der Waals surface area (Å²) in [5.74, 6) is 0.818. The Morgan fingerprint density at radius 2 is 1.35 bits per heavy atom. The van der Waals surface area contributed by atoms with E-state index in [-0.39, 0.29) is 0 Å². The quantitative estimate of drug-likeness (QED) is 0.636. The topological polar surface area (TPSA) is 9.23 Å². The van der Waals surface area contributed by atoms with Gasteiger partial charge in [-0.25, -0.2) is 0 Å². The molecule has 0 heterocycles. The van der Waals surface area contributed by atoms with Crippen molar-refractivity contribution >= 4 is 41.4 Å². The van der Waals surface area contributed by atoms with Crippen LogP contribution >= 0.6 is 17.0 Å². The van der Waals surface area contributed by atoms with Crippen molar-refractivity contribution in [3.05, 3.63) is 54.6 Å². The van der Waals surface area contributed by atoms with Crippen molar-refractivity contribution in [1.29, 1.82) is 0 Å². The van der Waals surface area contributed by atoms with E-state index in [0.29, 0.717) is 0 Å². The van der Waals surface area contributed by atoms with Crippen LogP contribution in [-0.4, -0.2) is 25.0 Å². The van der Waals surface area contributed by atoms with Crippen LogP contribution < -0.4 is 11.3 Å². The van der Waals surface area contributed by atoms with Crippen molar-refractivity contribution in [2.75, 3.05) is 7.11 Å². The second kappa shape index (κ2) is 5.56. The third kappa shape index (κ3) is 2.93. The van der Waals surface area contributed by atoms with E-state index in [0.717, 1.165) is 12.3 Å². The van der Waals surface area contributed by atoms with E-state index in [1.807, 2.05) is 54.6 Å². The van der Waals surface area contributed by atoms with E-state index >= 15 is 0 Å². The predicted molar refractivity (Wildman–Crippen MR) is 76.2 cm³/mol. The summed E-state index contributed by atoms with van der Waals surface area (Å²) in [5, 5.41) is 0. The van der Waals surface area contributed by atoms with Crippen LogP contribution in [-0.2, 0) is 0 Å². The average Bonchev–Trinajstić information content (AvgIpc) is 2.40. The predicted octanol–water partition coefficient (Wildman–Crippen LogP) is 2.73. The Morgan fingerprint density at radius 3 is 1.88 bits per heavy atom. The van der Waals surface area contributed by atoms with Crippen LogP contribution in [0.1, 0.15) is 0 Å². The molecule has 1 radical (unpaired) electrons. The molecule has 0 aliphatic rings. The molecule has 4 heteroatoms. The molecular weight excluding hydrogens is 452 g/mol. The molecule has 0 unspecified atom stereocenters. The monoisotopic (exact) mass is 463 g/mol. The number of rotatable bonds is 3. The van der Waals surface area contributed by atoms with Gasteiger partial charge in [-0.3, -0.25) is 0 Å². The van der Waals surface area contributed by atoms with Crippen molar-refractivity contribution in [2.45, 2.75) is 0 Å². The van der Waals surface area contributed by atoms with Crippen LogP contribution in [0.3, 0.4) is 0 Å². The standard InChI is InChI=1S/C7H7O.C6H5.Bi.2ClH/c1-8-7-5-3-2-4-6-7;1-2-4-6-5-3-1;;;/h3-6H,1H3;1-5H;;2*1H/q;;+2;;/p-2. The summed E-state index contributed by atoms with van der Waals surface area (Å²) < 4.78 is 7.24. The minimum atomic E-state index is -3.46. The van der Waals surface area contributed by atoms with Gasteiger partial charge in [-0.1, -0.05) is 0 Å². The Balaban J connectivity index is 2.37. The fourth-order valence-corrected chi connectivity index (χ4v) is 10.8. The van der Waals surface area contributed by atoms with Gasteiger partial charge < -0.3 is 0 Å². The molecule has 0 aliphatic carbocycles. The Hall–Kier alpha value is -0.297. The normalized spacial score (nSPS) is 11.2. The summed E-state index contributed by atoms with van der Waals surface area (Å²) in [7, 11) is 14.9. The first-order chi connectivity index (χ1) is 8.14. The van der Waals surface area contributed by atoms with E-state index in [1.165, 1.54) is 0 Å². The number of methoxy groups -OCH3 is 1. The molecule has 0 saturated carbocycles. The Morgan fingerprint density at radius 1 is 0.824 bits per heavy atom. The first-order valence-electron chi connectivity index (χ1n) is 5.13. The van der Waals surface area contributed by atoms with E-state index in [9.17, 15) is 0 Å². The zero-order chi connectivity index (χ0) is 12.3. The number of ether oxygens (including phenoxy) is 1. The maximum atomic E-state index is 6.62. The SMILES string of the molecule is COc1cc[c]([Bi]([Cl])([Cl])[c]2ccccc2)cc1. The number of halogens is 2. The van der Waals surface area contributed by atoms with Crippen LogP contribution in [0, 0.1) is 0 Å². The van der Waals surface area contributed by atoms with Gasteiger partial charge in [0.1, 0.15) is 0 Å². The molecule has 2 aromatic carbocycles. The molecule has 89 valence electrons. The molecule has 2 aromatic rings. The third-order valence-electron chi connectivity index (χ3n) is 2.48. The van der Waals surface area contributed by atoms with Gasteiger partial charge in [0.2, 0.25) is 0 Å². The summed E-state index contributed by atoms with van der Waals surface area (Å²) in [6.07, 6.45) is 0. The van der Waals surface area contributed by atoms with Gasteiger partial charge in [-0.05, 0) is 0 Å². The molecule has 0 spiro atoms. The maximum absolute atomic E-state index is 6.62. The van der Waals surface area contributed by atoms with Crippen LogP contribution in [0.4, 0.5) is 0 Å². The van der Waals surface area contributed by atoms with Gasteiger partial charge in [0.05, 0.1) is 0 Å². The third-order valence-corrected chi connectivity index (χ3v) is 16.7. The Bertz CT molecular complexity index is 483. The Kier molecular flexibility index (Phi) is 4.30. The summed E-state index contributed by atoms with van der Waals surface area (Å²) >= 11 is -3.46. The summed E-state index contributed by atoms with van der Waals surface area (Å²) in [6.45, 7) is 0. The molecule has 0 N–H and O–H groups in total. The second-order valence-electron chi connectivity index (χ2n) is 3.55. The van der Waals surface area contributed by atoms with Crippen LogP contribution in [0.15, 0.2) is 54.6 Å². The molecule has 0 aliphatic heterocycles. The fourth-order valence-electron chi connectivity index (χ4n) is 1.53. The molecule has 0 atom stereocenters. The van der Waals surface area contributed by atoms with Crippen molar-refractivity contribution in [3.8, 4) is 5.75 Å². The first-order valence-corrected chi connectivity index (χ1v) is 17.2. The van der Waals surface area contributed by atoms with Gasteiger partial charge in [-0.15, -0.1) is 0 Å². The molecule has 17 heavy (non-hydrogen) atoms. The van der Waals surface area contributed by atoms with Crippen molar-refractivity contribution < 1.29 is 4.74 Å². The van der Waals surface area contributed by atoms with Crippen molar-refractivity contribution in [2.24, 2.45) is 0 Å². The van der Waals surface area contributed by atoms with Gasteiger partial charge in [0, 0.05) is 0 Å². The Labute approximate surface area is 113 Å². The van der Waals surface area contributed by atoms with Gasteiger partial charge in [0.15, 0.2) is 0 Å². The number of hydrogen-bond acceptors (Lipinski definition) is 1.